The number of hydrogen-bond acceptors (Lipinski definition) is 3. The SMILES string of the molecule is Cc1cc(NC(=O)N(CCO)C2CC2)nn1C. The van der Waals surface area contributed by atoms with Gasteiger partial charge < -0.3 is 10.0 Å². The van der Waals surface area contributed by atoms with Crippen LogP contribution in [0.1, 0.15) is 18.5 Å². The predicted molar refractivity (Wildman–Crippen MR) is 63.8 cm³/mol. The van der Waals surface area contributed by atoms with Crippen LogP contribution in [0.2, 0.25) is 0 Å². The van der Waals surface area contributed by atoms with E-state index in [1.54, 1.807) is 9.58 Å². The summed E-state index contributed by atoms with van der Waals surface area (Å²) in [6.07, 6.45) is 2.04. The molecule has 0 atom stereocenters. The van der Waals surface area contributed by atoms with Crippen molar-refractivity contribution < 1.29 is 9.90 Å². The molecule has 0 bridgehead atoms. The third kappa shape index (κ3) is 2.76. The molecule has 1 saturated carbocycles. The Morgan fingerprint density at radius 3 is 2.88 bits per heavy atom. The molecule has 2 N–H and O–H groups in total. The lowest BCUT2D eigenvalue weighted by Gasteiger charge is -2.20. The summed E-state index contributed by atoms with van der Waals surface area (Å²) in [5.41, 5.74) is 0.987. The Morgan fingerprint density at radius 1 is 1.71 bits per heavy atom. The first-order chi connectivity index (χ1) is 8.11. The molecule has 0 saturated heterocycles. The van der Waals surface area contributed by atoms with Gasteiger partial charge in [0, 0.05) is 31.4 Å². The number of nitrogens with zero attached hydrogens (tertiary/aromatic N) is 3. The molecule has 1 aliphatic carbocycles. The highest BCUT2D eigenvalue weighted by Gasteiger charge is 2.32. The van der Waals surface area contributed by atoms with Gasteiger partial charge in [-0.25, -0.2) is 4.79 Å². The number of carbonyl (C=O) groups is 1. The van der Waals surface area contributed by atoms with Gasteiger partial charge in [-0.1, -0.05) is 0 Å². The van der Waals surface area contributed by atoms with Crippen LogP contribution in [0.25, 0.3) is 0 Å². The Hall–Kier alpha value is -1.56. The second-order valence-electron chi connectivity index (χ2n) is 4.37. The van der Waals surface area contributed by atoms with Gasteiger partial charge in [-0.3, -0.25) is 10.00 Å². The van der Waals surface area contributed by atoms with Gasteiger partial charge in [-0.05, 0) is 19.8 Å². The predicted octanol–water partition coefficient (Wildman–Crippen LogP) is 0.717. The topological polar surface area (TPSA) is 70.4 Å². The van der Waals surface area contributed by atoms with Gasteiger partial charge in [0.15, 0.2) is 5.82 Å². The van der Waals surface area contributed by atoms with Crippen molar-refractivity contribution in [1.82, 2.24) is 14.7 Å². The van der Waals surface area contributed by atoms with Gasteiger partial charge in [-0.2, -0.15) is 5.10 Å². The smallest absolute Gasteiger partial charge is 0.323 e. The monoisotopic (exact) mass is 238 g/mol. The van der Waals surface area contributed by atoms with Crippen LogP contribution >= 0.6 is 0 Å². The maximum atomic E-state index is 12.0. The number of aliphatic hydroxyl groups excluding tert-OH is 1. The second-order valence-corrected chi connectivity index (χ2v) is 4.37. The fourth-order valence-corrected chi connectivity index (χ4v) is 1.75. The first-order valence-electron chi connectivity index (χ1n) is 5.81. The molecule has 0 spiro atoms. The molecule has 6 heteroatoms. The average molecular weight is 238 g/mol. The Labute approximate surface area is 100 Å². The van der Waals surface area contributed by atoms with E-state index in [-0.39, 0.29) is 18.7 Å². The Morgan fingerprint density at radius 2 is 2.41 bits per heavy atom. The summed E-state index contributed by atoms with van der Waals surface area (Å²) in [4.78, 5) is 13.6. The first kappa shape index (κ1) is 11.9. The zero-order valence-corrected chi connectivity index (χ0v) is 10.2. The Kier molecular flexibility index (Phi) is 3.33. The van der Waals surface area contributed by atoms with Crippen LogP contribution in [0, 0.1) is 6.92 Å². The van der Waals surface area contributed by atoms with Crippen molar-refractivity contribution >= 4 is 11.8 Å². The molecule has 1 aromatic heterocycles. The number of carbonyl (C=O) groups excluding carboxylic acids is 1. The molecule has 2 amide bonds. The summed E-state index contributed by atoms with van der Waals surface area (Å²) < 4.78 is 1.71. The van der Waals surface area contributed by atoms with E-state index in [1.807, 2.05) is 20.0 Å². The number of amides is 2. The summed E-state index contributed by atoms with van der Waals surface area (Å²) in [6.45, 7) is 2.29. The van der Waals surface area contributed by atoms with Gasteiger partial charge >= 0.3 is 6.03 Å². The third-order valence-corrected chi connectivity index (χ3v) is 2.94. The summed E-state index contributed by atoms with van der Waals surface area (Å²) in [7, 11) is 1.83. The van der Waals surface area contributed by atoms with Crippen molar-refractivity contribution in [3.8, 4) is 0 Å². The molecule has 1 heterocycles. The number of hydrogen-bond donors (Lipinski definition) is 2. The van der Waals surface area contributed by atoms with Crippen molar-refractivity contribution in [3.05, 3.63) is 11.8 Å². The van der Waals surface area contributed by atoms with Gasteiger partial charge in [0.05, 0.1) is 6.61 Å². The molecule has 1 aromatic rings. The lowest BCUT2D eigenvalue weighted by atomic mass is 10.4. The molecule has 94 valence electrons. The zero-order chi connectivity index (χ0) is 12.4. The number of aryl methyl sites for hydroxylation is 2. The third-order valence-electron chi connectivity index (χ3n) is 2.94. The zero-order valence-electron chi connectivity index (χ0n) is 10.2. The number of urea groups is 1. The van der Waals surface area contributed by atoms with Crippen LogP contribution in [0.15, 0.2) is 6.07 Å². The van der Waals surface area contributed by atoms with Crippen molar-refractivity contribution in [2.75, 3.05) is 18.5 Å². The number of aliphatic hydroxyl groups is 1. The van der Waals surface area contributed by atoms with Gasteiger partial charge in [0.25, 0.3) is 0 Å². The van der Waals surface area contributed by atoms with E-state index in [4.69, 9.17) is 5.11 Å². The fraction of sp³-hybridized carbons (Fsp3) is 0.636. The Bertz CT molecular complexity index is 392. The highest BCUT2D eigenvalue weighted by Crippen LogP contribution is 2.27. The fourth-order valence-electron chi connectivity index (χ4n) is 1.75. The van der Waals surface area contributed by atoms with Crippen molar-refractivity contribution in [3.63, 3.8) is 0 Å². The van der Waals surface area contributed by atoms with E-state index in [9.17, 15) is 4.79 Å². The van der Waals surface area contributed by atoms with Crippen molar-refractivity contribution in [1.29, 1.82) is 0 Å². The first-order valence-corrected chi connectivity index (χ1v) is 5.81. The molecule has 17 heavy (non-hydrogen) atoms. The van der Waals surface area contributed by atoms with Crippen molar-refractivity contribution in [2.24, 2.45) is 7.05 Å². The van der Waals surface area contributed by atoms with E-state index in [0.29, 0.717) is 12.4 Å². The lowest BCUT2D eigenvalue weighted by Crippen LogP contribution is -2.38. The van der Waals surface area contributed by atoms with Crippen molar-refractivity contribution in [2.45, 2.75) is 25.8 Å². The molecule has 1 fully saturated rings. The molecule has 0 unspecified atom stereocenters. The minimum atomic E-state index is -0.181. The summed E-state index contributed by atoms with van der Waals surface area (Å²) in [5.74, 6) is 0.554. The number of rotatable bonds is 4. The molecular formula is C11H18N4O2. The molecule has 2 rings (SSSR count). The molecule has 0 radical (unpaired) electrons. The maximum Gasteiger partial charge on any atom is 0.323 e. The number of nitrogens with one attached hydrogen (secondary N) is 1. The number of anilines is 1. The second kappa shape index (κ2) is 4.75. The molecule has 0 aromatic carbocycles. The minimum Gasteiger partial charge on any atom is -0.395 e. The Balaban J connectivity index is 1.99. The molecule has 6 nitrogen and oxygen atoms in total. The van der Waals surface area contributed by atoms with E-state index >= 15 is 0 Å². The highest BCUT2D eigenvalue weighted by molar-refractivity contribution is 5.88. The standard InChI is InChI=1S/C11H18N4O2/c1-8-7-10(13-14(8)2)12-11(17)15(5-6-16)9-3-4-9/h7,9,16H,3-6H2,1-2H3,(H,12,13,17). The maximum absolute atomic E-state index is 12.0. The van der Waals surface area contributed by atoms with E-state index < -0.39 is 0 Å². The lowest BCUT2D eigenvalue weighted by molar-refractivity contribution is 0.185. The molecule has 1 aliphatic rings. The molecular weight excluding hydrogens is 220 g/mol. The summed E-state index contributed by atoms with van der Waals surface area (Å²) >= 11 is 0. The van der Waals surface area contributed by atoms with Crippen LogP contribution in [0.4, 0.5) is 10.6 Å². The van der Waals surface area contributed by atoms with Crippen LogP contribution in [0.5, 0.6) is 0 Å². The summed E-state index contributed by atoms with van der Waals surface area (Å²) in [5, 5.41) is 15.9. The van der Waals surface area contributed by atoms with Gasteiger partial charge in [0.2, 0.25) is 0 Å². The van der Waals surface area contributed by atoms with Gasteiger partial charge in [0.1, 0.15) is 0 Å². The van der Waals surface area contributed by atoms with Crippen LogP contribution in [-0.2, 0) is 7.05 Å². The van der Waals surface area contributed by atoms with Gasteiger partial charge in [-0.15, -0.1) is 0 Å². The summed E-state index contributed by atoms with van der Waals surface area (Å²) in [6, 6.07) is 1.92. The average Bonchev–Trinajstić information content (AvgIpc) is 3.04. The van der Waals surface area contributed by atoms with E-state index in [2.05, 4.69) is 10.4 Å². The highest BCUT2D eigenvalue weighted by atomic mass is 16.3. The van der Waals surface area contributed by atoms with E-state index in [1.165, 1.54) is 0 Å². The normalized spacial score (nSPS) is 14.8. The van der Waals surface area contributed by atoms with Crippen LogP contribution < -0.4 is 5.32 Å². The minimum absolute atomic E-state index is 0.00876. The van der Waals surface area contributed by atoms with Crippen LogP contribution in [0.3, 0.4) is 0 Å². The largest absolute Gasteiger partial charge is 0.395 e. The molecule has 0 aliphatic heterocycles. The van der Waals surface area contributed by atoms with E-state index in [0.717, 1.165) is 18.5 Å². The number of aromatic nitrogens is 2. The van der Waals surface area contributed by atoms with Crippen LogP contribution in [-0.4, -0.2) is 45.0 Å². The quantitative estimate of drug-likeness (QED) is 0.812.